The van der Waals surface area contributed by atoms with Crippen LogP contribution in [0.15, 0.2) is 48.9 Å². The molecule has 3 aromatic rings. The zero-order chi connectivity index (χ0) is 37.5. The monoisotopic (exact) mass is 775 g/mol. The second kappa shape index (κ2) is 17.3. The van der Waals surface area contributed by atoms with E-state index >= 15 is 0 Å². The molecule has 1 unspecified atom stereocenters. The Bertz CT molecular complexity index is 1750. The van der Waals surface area contributed by atoms with Gasteiger partial charge < -0.3 is 28.9 Å². The van der Waals surface area contributed by atoms with E-state index in [9.17, 15) is 37.1 Å². The number of nitrogens with zero attached hydrogens (tertiary/aromatic N) is 3. The molecule has 0 bridgehead atoms. The second-order valence-corrected chi connectivity index (χ2v) is 13.9. The van der Waals surface area contributed by atoms with Gasteiger partial charge in [0.15, 0.2) is 30.5 Å². The van der Waals surface area contributed by atoms with Gasteiger partial charge in [0, 0.05) is 18.2 Å². The van der Waals surface area contributed by atoms with Crippen molar-refractivity contribution in [2.45, 2.75) is 58.4 Å². The minimum Gasteiger partial charge on any atom is -0.619 e. The van der Waals surface area contributed by atoms with E-state index in [0.29, 0.717) is 9.04 Å². The van der Waals surface area contributed by atoms with E-state index in [2.05, 4.69) is 9.72 Å². The highest BCUT2D eigenvalue weighted by molar-refractivity contribution is 7.80. The van der Waals surface area contributed by atoms with Gasteiger partial charge in [-0.15, -0.1) is 0 Å². The molecule has 1 aliphatic carbocycles. The van der Waals surface area contributed by atoms with Crippen LogP contribution in [0.4, 0.5) is 14.6 Å². The lowest BCUT2D eigenvalue weighted by Gasteiger charge is -2.23. The van der Waals surface area contributed by atoms with E-state index in [1.165, 1.54) is 24.3 Å². The molecule has 0 saturated heterocycles. The number of hydrogen-bond donors (Lipinski definition) is 1. The van der Waals surface area contributed by atoms with Gasteiger partial charge >= 0.3 is 24.5 Å². The minimum absolute atomic E-state index is 0.0344. The van der Waals surface area contributed by atoms with Crippen LogP contribution in [0, 0.1) is 11.1 Å². The van der Waals surface area contributed by atoms with Crippen molar-refractivity contribution < 1.29 is 60.3 Å². The highest BCUT2D eigenvalue weighted by atomic mass is 35.5. The van der Waals surface area contributed by atoms with Crippen LogP contribution in [-0.4, -0.2) is 63.6 Å². The number of anilines is 1. The average molecular weight is 777 g/mol. The van der Waals surface area contributed by atoms with Gasteiger partial charge in [0.05, 0.1) is 12.2 Å². The maximum atomic E-state index is 13.1. The smallest absolute Gasteiger partial charge is 0.387 e. The molecule has 1 fully saturated rings. The molecule has 14 nitrogen and oxygen atoms in total. The largest absolute Gasteiger partial charge is 0.619 e. The van der Waals surface area contributed by atoms with Gasteiger partial charge in [-0.25, -0.2) is 23.1 Å². The second-order valence-electron chi connectivity index (χ2n) is 12.1. The molecule has 4 rings (SSSR count). The first-order valence-corrected chi connectivity index (χ1v) is 17.0. The number of esters is 3. The fourth-order valence-corrected chi connectivity index (χ4v) is 5.53. The number of carbonyl (C=O) groups excluding carboxylic acids is 3. The molecule has 2 aromatic heterocycles. The molecule has 0 spiro atoms. The fraction of sp³-hybridized carbons (Fsp3) is 0.406. The van der Waals surface area contributed by atoms with E-state index < -0.39 is 60.6 Å². The van der Waals surface area contributed by atoms with Gasteiger partial charge in [0.25, 0.3) is 11.3 Å². The Kier molecular flexibility index (Phi) is 13.4. The Hall–Kier alpha value is -4.32. The number of benzene rings is 1. The lowest BCUT2D eigenvalue weighted by Crippen LogP contribution is -2.36. The van der Waals surface area contributed by atoms with E-state index in [4.69, 9.17) is 42.1 Å². The van der Waals surface area contributed by atoms with Crippen molar-refractivity contribution in [3.63, 3.8) is 0 Å². The summed E-state index contributed by atoms with van der Waals surface area (Å²) in [4.78, 5) is 42.2. The zero-order valence-corrected chi connectivity index (χ0v) is 29.7. The predicted molar refractivity (Wildman–Crippen MR) is 178 cm³/mol. The summed E-state index contributed by atoms with van der Waals surface area (Å²) >= 11 is 9.82. The third-order valence-corrected chi connectivity index (χ3v) is 8.23. The molecule has 1 saturated carbocycles. The Labute approximate surface area is 303 Å². The van der Waals surface area contributed by atoms with Gasteiger partial charge in [0.1, 0.15) is 34.1 Å². The van der Waals surface area contributed by atoms with Crippen molar-refractivity contribution in [1.82, 2.24) is 4.98 Å². The maximum absolute atomic E-state index is 13.1. The molecule has 0 radical (unpaired) electrons. The van der Waals surface area contributed by atoms with Crippen molar-refractivity contribution in [1.29, 1.82) is 0 Å². The van der Waals surface area contributed by atoms with Crippen LogP contribution >= 0.6 is 23.2 Å². The molecule has 2 atom stereocenters. The van der Waals surface area contributed by atoms with E-state index in [0.717, 1.165) is 37.5 Å². The third kappa shape index (κ3) is 12.2. The van der Waals surface area contributed by atoms with Gasteiger partial charge in [-0.2, -0.15) is 13.5 Å². The first-order chi connectivity index (χ1) is 24.0. The standard InChI is InChI=1S/C32H33Cl2F2N3O11S/c1-32(2,3)50-28(40)15-39(51(44)45)27-11-20(8-9-37-27)30(42)47-17-29(41)48-25(12-21-22(33)13-38(43)14-23(21)34)19-6-7-24(49-31(35)36)26(10-19)46-16-18-4-5-18/h6-11,13-14,18,25,31H,4-5,12,15-17H2,1-3H3,(H,44,45)/t25-/m0/s1. The van der Waals surface area contributed by atoms with Crippen LogP contribution in [0.5, 0.6) is 11.5 Å². The summed E-state index contributed by atoms with van der Waals surface area (Å²) in [7, 11) is 0. The molecule has 2 heterocycles. The van der Waals surface area contributed by atoms with Gasteiger partial charge in [0.2, 0.25) is 0 Å². The molecular weight excluding hydrogens is 743 g/mol. The van der Waals surface area contributed by atoms with Crippen LogP contribution < -0.4 is 18.5 Å². The quantitative estimate of drug-likeness (QED) is 0.0647. The van der Waals surface area contributed by atoms with Crippen LogP contribution in [0.25, 0.3) is 0 Å². The SMILES string of the molecule is CC(C)(C)OC(=O)CN(c1cc(C(=O)OCC(=O)O[C@@H](Cc2c(Cl)c[n+]([O-])cc2Cl)c2ccc(OC(F)F)c(OCC3CC3)c2)ccn1)S(=O)O. The Morgan fingerprint density at radius 2 is 1.78 bits per heavy atom. The topological polar surface area (TPSA) is 178 Å². The lowest BCUT2D eigenvalue weighted by atomic mass is 10.0. The van der Waals surface area contributed by atoms with Gasteiger partial charge in [-0.05, 0) is 69.4 Å². The normalized spacial score (nSPS) is 14.0. The lowest BCUT2D eigenvalue weighted by molar-refractivity contribution is -0.605. The summed E-state index contributed by atoms with van der Waals surface area (Å²) < 4.78 is 75.4. The van der Waals surface area contributed by atoms with Crippen LogP contribution in [-0.2, 0) is 41.5 Å². The highest BCUT2D eigenvalue weighted by Crippen LogP contribution is 2.38. The van der Waals surface area contributed by atoms with Crippen molar-refractivity contribution in [3.8, 4) is 11.5 Å². The Balaban J connectivity index is 1.52. The predicted octanol–water partition coefficient (Wildman–Crippen LogP) is 5.38. The highest BCUT2D eigenvalue weighted by Gasteiger charge is 2.28. The van der Waals surface area contributed by atoms with Crippen LogP contribution in [0.3, 0.4) is 0 Å². The first kappa shape index (κ1) is 39.5. The summed E-state index contributed by atoms with van der Waals surface area (Å²) in [5, 5.41) is 11.7. The summed E-state index contributed by atoms with van der Waals surface area (Å²) in [6.07, 6.45) is 3.62. The first-order valence-electron chi connectivity index (χ1n) is 15.2. The molecule has 276 valence electrons. The van der Waals surface area contributed by atoms with E-state index in [1.807, 2.05) is 0 Å². The summed E-state index contributed by atoms with van der Waals surface area (Å²) in [6, 6.07) is 6.21. The number of alkyl halides is 2. The van der Waals surface area contributed by atoms with Crippen molar-refractivity contribution >= 4 is 58.2 Å². The molecular formula is C32H33Cl2F2N3O11S. The van der Waals surface area contributed by atoms with Crippen LogP contribution in [0.2, 0.25) is 10.0 Å². The third-order valence-electron chi connectivity index (χ3n) is 6.89. The number of hydrogen-bond acceptors (Lipinski definition) is 11. The van der Waals surface area contributed by atoms with E-state index in [1.54, 1.807) is 20.8 Å². The molecule has 1 aliphatic rings. The van der Waals surface area contributed by atoms with Gasteiger partial charge in [-0.1, -0.05) is 29.3 Å². The molecule has 1 N–H and O–H groups in total. The van der Waals surface area contributed by atoms with Crippen molar-refractivity contribution in [2.24, 2.45) is 5.92 Å². The molecule has 1 aromatic carbocycles. The fourth-order valence-electron chi connectivity index (χ4n) is 4.45. The number of halogens is 4. The van der Waals surface area contributed by atoms with Crippen molar-refractivity contribution in [2.75, 3.05) is 24.1 Å². The minimum atomic E-state index is -3.14. The molecule has 51 heavy (non-hydrogen) atoms. The number of rotatable bonds is 16. The number of aromatic nitrogens is 2. The number of carbonyl (C=O) groups is 3. The summed E-state index contributed by atoms with van der Waals surface area (Å²) in [5.74, 6) is -3.20. The van der Waals surface area contributed by atoms with Crippen LogP contribution in [0.1, 0.15) is 61.2 Å². The Morgan fingerprint density at radius 1 is 1.10 bits per heavy atom. The average Bonchev–Trinajstić information content (AvgIpc) is 3.86. The van der Waals surface area contributed by atoms with Gasteiger partial charge in [-0.3, -0.25) is 9.35 Å². The summed E-state index contributed by atoms with van der Waals surface area (Å²) in [6.45, 7) is 0.355. The molecule has 19 heteroatoms. The molecule has 0 aliphatic heterocycles. The molecule has 0 amide bonds. The van der Waals surface area contributed by atoms with Crippen molar-refractivity contribution in [3.05, 3.63) is 80.9 Å². The summed E-state index contributed by atoms with van der Waals surface area (Å²) in [5.41, 5.74) is -0.599. The maximum Gasteiger partial charge on any atom is 0.387 e. The number of ether oxygens (including phenoxy) is 5. The zero-order valence-electron chi connectivity index (χ0n) is 27.4. The van der Waals surface area contributed by atoms with E-state index in [-0.39, 0.29) is 63.0 Å². The number of pyridine rings is 2. The Morgan fingerprint density at radius 3 is 2.39 bits per heavy atom.